The molecule has 2 amide bonds. The molecule has 0 bridgehead atoms. The van der Waals surface area contributed by atoms with Gasteiger partial charge >= 0.3 is 0 Å². The van der Waals surface area contributed by atoms with Crippen molar-refractivity contribution in [2.75, 3.05) is 10.6 Å². The first-order valence-corrected chi connectivity index (χ1v) is 11.9. The van der Waals surface area contributed by atoms with Crippen molar-refractivity contribution in [3.05, 3.63) is 97.8 Å². The molecular weight excluding hydrogens is 580 g/mol. The first kappa shape index (κ1) is 23.2. The highest BCUT2D eigenvalue weighted by Gasteiger charge is 2.15. The summed E-state index contributed by atoms with van der Waals surface area (Å²) in [4.78, 5) is 29.2. The van der Waals surface area contributed by atoms with Gasteiger partial charge in [0.2, 0.25) is 0 Å². The zero-order valence-corrected chi connectivity index (χ0v) is 20.5. The van der Waals surface area contributed by atoms with Gasteiger partial charge in [0.05, 0.1) is 16.8 Å². The van der Waals surface area contributed by atoms with Crippen molar-refractivity contribution in [2.24, 2.45) is 0 Å². The Morgan fingerprint density at radius 3 is 2.03 bits per heavy atom. The van der Waals surface area contributed by atoms with Crippen molar-refractivity contribution >= 4 is 65.8 Å². The maximum atomic E-state index is 14.1. The molecule has 0 spiro atoms. The molecule has 0 fully saturated rings. The SMILES string of the molecule is O=C(Nc1cccc(-c2csc(NC(=O)c3ccc(Br)cc3F)n2)c1)c1ccc(Br)cc1F. The molecule has 0 aliphatic rings. The van der Waals surface area contributed by atoms with E-state index in [0.29, 0.717) is 31.0 Å². The summed E-state index contributed by atoms with van der Waals surface area (Å²) in [5, 5.41) is 7.27. The van der Waals surface area contributed by atoms with Gasteiger partial charge in [-0.15, -0.1) is 11.3 Å². The van der Waals surface area contributed by atoms with E-state index >= 15 is 0 Å². The number of anilines is 2. The molecule has 4 rings (SSSR count). The van der Waals surface area contributed by atoms with Crippen molar-refractivity contribution < 1.29 is 18.4 Å². The van der Waals surface area contributed by atoms with Gasteiger partial charge < -0.3 is 5.32 Å². The number of thiazole rings is 1. The first-order valence-electron chi connectivity index (χ1n) is 9.39. The largest absolute Gasteiger partial charge is 0.322 e. The fourth-order valence-corrected chi connectivity index (χ4v) is 4.31. The minimum absolute atomic E-state index is 0.0811. The smallest absolute Gasteiger partial charge is 0.260 e. The van der Waals surface area contributed by atoms with E-state index in [1.165, 1.54) is 35.6 Å². The zero-order valence-electron chi connectivity index (χ0n) is 16.5. The van der Waals surface area contributed by atoms with E-state index in [4.69, 9.17) is 0 Å². The van der Waals surface area contributed by atoms with Crippen LogP contribution in [0.25, 0.3) is 11.3 Å². The van der Waals surface area contributed by atoms with E-state index in [9.17, 15) is 18.4 Å². The van der Waals surface area contributed by atoms with Crippen LogP contribution in [-0.4, -0.2) is 16.8 Å². The number of benzene rings is 3. The molecule has 0 aliphatic heterocycles. The fraction of sp³-hybridized carbons (Fsp3) is 0. The summed E-state index contributed by atoms with van der Waals surface area (Å²) < 4.78 is 29.1. The molecule has 1 aromatic heterocycles. The third kappa shape index (κ3) is 5.52. The van der Waals surface area contributed by atoms with Crippen LogP contribution < -0.4 is 10.6 Å². The highest BCUT2D eigenvalue weighted by atomic mass is 79.9. The van der Waals surface area contributed by atoms with Gasteiger partial charge in [-0.2, -0.15) is 0 Å². The summed E-state index contributed by atoms with van der Waals surface area (Å²) in [6.07, 6.45) is 0. The van der Waals surface area contributed by atoms with Crippen molar-refractivity contribution in [1.82, 2.24) is 4.98 Å². The highest BCUT2D eigenvalue weighted by Crippen LogP contribution is 2.28. The molecule has 166 valence electrons. The number of nitrogens with zero attached hydrogens (tertiary/aromatic N) is 1. The normalized spacial score (nSPS) is 10.7. The van der Waals surface area contributed by atoms with Crippen LogP contribution in [-0.2, 0) is 0 Å². The Morgan fingerprint density at radius 2 is 1.42 bits per heavy atom. The Morgan fingerprint density at radius 1 is 0.818 bits per heavy atom. The Kier molecular flexibility index (Phi) is 6.96. The lowest BCUT2D eigenvalue weighted by atomic mass is 10.1. The van der Waals surface area contributed by atoms with Gasteiger partial charge in [-0.1, -0.05) is 44.0 Å². The first-order chi connectivity index (χ1) is 15.8. The summed E-state index contributed by atoms with van der Waals surface area (Å²) >= 11 is 7.49. The molecule has 0 saturated carbocycles. The minimum Gasteiger partial charge on any atom is -0.322 e. The molecule has 5 nitrogen and oxygen atoms in total. The molecule has 3 aromatic carbocycles. The van der Waals surface area contributed by atoms with E-state index in [1.807, 2.05) is 0 Å². The van der Waals surface area contributed by atoms with Gasteiger partial charge in [0.1, 0.15) is 11.6 Å². The molecule has 10 heteroatoms. The molecule has 0 radical (unpaired) electrons. The Bertz CT molecular complexity index is 1380. The van der Waals surface area contributed by atoms with Crippen LogP contribution in [0.4, 0.5) is 19.6 Å². The standard InChI is InChI=1S/C23H13Br2F2N3O2S/c24-13-4-6-16(18(26)9-13)21(31)28-15-3-1-2-12(8-15)20-11-33-23(29-20)30-22(32)17-7-5-14(25)10-19(17)27/h1-11H,(H,28,31)(H,29,30,32). The van der Waals surface area contributed by atoms with Crippen LogP contribution in [0.5, 0.6) is 0 Å². The van der Waals surface area contributed by atoms with E-state index in [-0.39, 0.29) is 11.1 Å². The second-order valence-corrected chi connectivity index (χ2v) is 9.46. The molecule has 0 aliphatic carbocycles. The number of hydrogen-bond acceptors (Lipinski definition) is 4. The average Bonchev–Trinajstić information content (AvgIpc) is 3.22. The second kappa shape index (κ2) is 9.90. The lowest BCUT2D eigenvalue weighted by molar-refractivity contribution is 0.101. The van der Waals surface area contributed by atoms with Crippen LogP contribution >= 0.6 is 43.2 Å². The fourth-order valence-electron chi connectivity index (χ4n) is 2.93. The molecule has 1 heterocycles. The number of amides is 2. The van der Waals surface area contributed by atoms with E-state index in [2.05, 4.69) is 47.5 Å². The van der Waals surface area contributed by atoms with Gasteiger partial charge in [0, 0.05) is 25.6 Å². The van der Waals surface area contributed by atoms with Gasteiger partial charge in [0.15, 0.2) is 5.13 Å². The molecular formula is C23H13Br2F2N3O2S. The van der Waals surface area contributed by atoms with Crippen LogP contribution in [0.3, 0.4) is 0 Å². The third-order valence-corrected chi connectivity index (χ3v) is 6.24. The van der Waals surface area contributed by atoms with Crippen molar-refractivity contribution in [3.8, 4) is 11.3 Å². The summed E-state index contributed by atoms with van der Waals surface area (Å²) in [7, 11) is 0. The molecule has 33 heavy (non-hydrogen) atoms. The quantitative estimate of drug-likeness (QED) is 0.259. The lowest BCUT2D eigenvalue weighted by Crippen LogP contribution is -2.14. The third-order valence-electron chi connectivity index (χ3n) is 4.49. The number of carbonyl (C=O) groups excluding carboxylic acids is 2. The van der Waals surface area contributed by atoms with Gasteiger partial charge in [0.25, 0.3) is 11.8 Å². The van der Waals surface area contributed by atoms with E-state index in [0.717, 1.165) is 0 Å². The summed E-state index contributed by atoms with van der Waals surface area (Å²) in [5.74, 6) is -2.48. The number of carbonyl (C=O) groups is 2. The summed E-state index contributed by atoms with van der Waals surface area (Å²) in [5.41, 5.74) is 1.51. The number of rotatable bonds is 5. The molecule has 2 N–H and O–H groups in total. The number of hydrogen-bond donors (Lipinski definition) is 2. The minimum atomic E-state index is -0.649. The van der Waals surface area contributed by atoms with E-state index in [1.54, 1.807) is 41.8 Å². The Labute approximate surface area is 208 Å². The Hall–Kier alpha value is -2.95. The molecule has 4 aromatic rings. The monoisotopic (exact) mass is 591 g/mol. The van der Waals surface area contributed by atoms with Crippen LogP contribution in [0.1, 0.15) is 20.7 Å². The van der Waals surface area contributed by atoms with Crippen LogP contribution in [0.2, 0.25) is 0 Å². The van der Waals surface area contributed by atoms with Crippen molar-refractivity contribution in [3.63, 3.8) is 0 Å². The topological polar surface area (TPSA) is 71.1 Å². The maximum absolute atomic E-state index is 14.1. The highest BCUT2D eigenvalue weighted by molar-refractivity contribution is 9.10. The lowest BCUT2D eigenvalue weighted by Gasteiger charge is -2.08. The predicted molar refractivity (Wildman–Crippen MR) is 132 cm³/mol. The van der Waals surface area contributed by atoms with Gasteiger partial charge in [-0.3, -0.25) is 14.9 Å². The van der Waals surface area contributed by atoms with Gasteiger partial charge in [-0.05, 0) is 48.5 Å². The van der Waals surface area contributed by atoms with Gasteiger partial charge in [-0.25, -0.2) is 13.8 Å². The van der Waals surface area contributed by atoms with E-state index < -0.39 is 23.4 Å². The maximum Gasteiger partial charge on any atom is 0.260 e. The van der Waals surface area contributed by atoms with Crippen LogP contribution in [0.15, 0.2) is 75.0 Å². The average molecular weight is 593 g/mol. The zero-order chi connectivity index (χ0) is 23.5. The predicted octanol–water partition coefficient (Wildman–Crippen LogP) is 7.12. The molecule has 0 saturated heterocycles. The molecule has 0 atom stereocenters. The van der Waals surface area contributed by atoms with Crippen molar-refractivity contribution in [2.45, 2.75) is 0 Å². The summed E-state index contributed by atoms with van der Waals surface area (Å²) in [6.45, 7) is 0. The summed E-state index contributed by atoms with van der Waals surface area (Å²) in [6, 6.07) is 15.2. The number of halogens is 4. The second-order valence-electron chi connectivity index (χ2n) is 6.78. The number of nitrogens with one attached hydrogen (secondary N) is 2. The number of aromatic nitrogens is 1. The molecule has 0 unspecified atom stereocenters. The van der Waals surface area contributed by atoms with Crippen LogP contribution in [0, 0.1) is 11.6 Å². The Balaban J connectivity index is 1.49. The van der Waals surface area contributed by atoms with Crippen molar-refractivity contribution in [1.29, 1.82) is 0 Å².